The molecule has 31 heavy (non-hydrogen) atoms. The van der Waals surface area contributed by atoms with Crippen LogP contribution in [0.25, 0.3) is 0 Å². The minimum atomic E-state index is -3.22. The van der Waals surface area contributed by atoms with Crippen LogP contribution in [-0.2, 0) is 14.6 Å². The Kier molecular flexibility index (Phi) is 5.94. The molecule has 2 saturated heterocycles. The van der Waals surface area contributed by atoms with E-state index in [2.05, 4.69) is 0 Å². The zero-order valence-electron chi connectivity index (χ0n) is 18.1. The standard InChI is InChI=1S/C23H28N2O5S/c1-16-4-5-18(12-17(16)2)25-22-15-31(27,28)14-21(22)24(13-23(25)26)10-11-30-20-8-6-19(29-3)7-9-20/h4-9,12,21-22H,10-11,13-15H2,1-3H3. The van der Waals surface area contributed by atoms with Crippen molar-refractivity contribution in [1.82, 2.24) is 4.90 Å². The molecule has 2 unspecified atom stereocenters. The van der Waals surface area contributed by atoms with Gasteiger partial charge in [-0.1, -0.05) is 6.07 Å². The molecule has 2 aliphatic heterocycles. The van der Waals surface area contributed by atoms with Crippen LogP contribution in [0.15, 0.2) is 42.5 Å². The quantitative estimate of drug-likeness (QED) is 0.680. The first-order chi connectivity index (χ1) is 14.8. The molecule has 0 aliphatic carbocycles. The summed E-state index contributed by atoms with van der Waals surface area (Å²) in [4.78, 5) is 16.7. The topological polar surface area (TPSA) is 76.2 Å². The van der Waals surface area contributed by atoms with Crippen molar-refractivity contribution in [2.24, 2.45) is 0 Å². The lowest BCUT2D eigenvalue weighted by Crippen LogP contribution is -2.62. The van der Waals surface area contributed by atoms with E-state index in [1.54, 1.807) is 12.0 Å². The number of methoxy groups -OCH3 is 1. The zero-order valence-corrected chi connectivity index (χ0v) is 18.9. The van der Waals surface area contributed by atoms with Gasteiger partial charge in [-0.05, 0) is 61.4 Å². The number of rotatable bonds is 6. The monoisotopic (exact) mass is 444 g/mol. The van der Waals surface area contributed by atoms with Crippen molar-refractivity contribution >= 4 is 21.4 Å². The second-order valence-corrected chi connectivity index (χ2v) is 10.4. The second-order valence-electron chi connectivity index (χ2n) is 8.24. The Labute approximate surface area is 183 Å². The van der Waals surface area contributed by atoms with E-state index in [1.807, 2.05) is 61.2 Å². The van der Waals surface area contributed by atoms with E-state index in [-0.39, 0.29) is 36.0 Å². The smallest absolute Gasteiger partial charge is 0.241 e. The van der Waals surface area contributed by atoms with Gasteiger partial charge in [-0.15, -0.1) is 0 Å². The fourth-order valence-corrected chi connectivity index (χ4v) is 6.35. The van der Waals surface area contributed by atoms with Crippen LogP contribution < -0.4 is 14.4 Å². The van der Waals surface area contributed by atoms with Crippen molar-refractivity contribution in [3.05, 3.63) is 53.6 Å². The summed E-state index contributed by atoms with van der Waals surface area (Å²) in [7, 11) is -1.61. The SMILES string of the molecule is COc1ccc(OCCN2CC(=O)N(c3ccc(C)c(C)c3)C3CS(=O)(=O)CC32)cc1. The molecule has 0 bridgehead atoms. The van der Waals surface area contributed by atoms with Crippen molar-refractivity contribution in [3.8, 4) is 11.5 Å². The third-order valence-electron chi connectivity index (χ3n) is 6.18. The average Bonchev–Trinajstić information content (AvgIpc) is 3.06. The maximum absolute atomic E-state index is 13.1. The number of carbonyl (C=O) groups excluding carboxylic acids is 1. The largest absolute Gasteiger partial charge is 0.497 e. The molecule has 4 rings (SSSR count). The number of hydrogen-bond acceptors (Lipinski definition) is 6. The molecule has 2 aliphatic rings. The molecule has 7 nitrogen and oxygen atoms in total. The predicted molar refractivity (Wildman–Crippen MR) is 120 cm³/mol. The molecule has 2 atom stereocenters. The van der Waals surface area contributed by atoms with E-state index in [0.29, 0.717) is 18.9 Å². The molecular weight excluding hydrogens is 416 g/mol. The van der Waals surface area contributed by atoms with Crippen molar-refractivity contribution in [2.75, 3.05) is 43.2 Å². The molecule has 2 aromatic carbocycles. The Morgan fingerprint density at radius 2 is 1.65 bits per heavy atom. The molecule has 0 radical (unpaired) electrons. The molecule has 2 aromatic rings. The first-order valence-corrected chi connectivity index (χ1v) is 12.2. The van der Waals surface area contributed by atoms with E-state index in [4.69, 9.17) is 9.47 Å². The van der Waals surface area contributed by atoms with Crippen molar-refractivity contribution in [3.63, 3.8) is 0 Å². The van der Waals surface area contributed by atoms with Crippen LogP contribution in [0.1, 0.15) is 11.1 Å². The summed E-state index contributed by atoms with van der Waals surface area (Å²) in [6, 6.07) is 12.5. The number of nitrogens with zero attached hydrogens (tertiary/aromatic N) is 2. The third-order valence-corrected chi connectivity index (χ3v) is 7.88. The maximum atomic E-state index is 13.1. The minimum absolute atomic E-state index is 0.00777. The molecule has 2 heterocycles. The Hall–Kier alpha value is -2.58. The highest BCUT2D eigenvalue weighted by molar-refractivity contribution is 7.91. The lowest BCUT2D eigenvalue weighted by atomic mass is 10.0. The van der Waals surface area contributed by atoms with Crippen LogP contribution in [0.4, 0.5) is 5.69 Å². The Bertz CT molecular complexity index is 1070. The molecular formula is C23H28N2O5S. The number of hydrogen-bond donors (Lipinski definition) is 0. The summed E-state index contributed by atoms with van der Waals surface area (Å²) in [6.45, 7) is 5.04. The molecule has 0 N–H and O–H groups in total. The fraction of sp³-hybridized carbons (Fsp3) is 0.435. The summed E-state index contributed by atoms with van der Waals surface area (Å²) in [5.74, 6) is 1.43. The van der Waals surface area contributed by atoms with Gasteiger partial charge in [0.2, 0.25) is 5.91 Å². The summed E-state index contributed by atoms with van der Waals surface area (Å²) < 4.78 is 35.9. The van der Waals surface area contributed by atoms with E-state index in [9.17, 15) is 13.2 Å². The van der Waals surface area contributed by atoms with Gasteiger partial charge in [0.15, 0.2) is 9.84 Å². The summed E-state index contributed by atoms with van der Waals surface area (Å²) in [5.41, 5.74) is 2.99. The number of anilines is 1. The Morgan fingerprint density at radius 3 is 2.32 bits per heavy atom. The number of aryl methyl sites for hydroxylation is 2. The van der Waals surface area contributed by atoms with Gasteiger partial charge in [0.25, 0.3) is 0 Å². The number of benzene rings is 2. The van der Waals surface area contributed by atoms with Crippen LogP contribution in [-0.4, -0.2) is 69.6 Å². The first-order valence-electron chi connectivity index (χ1n) is 10.4. The van der Waals surface area contributed by atoms with Crippen LogP contribution in [0.2, 0.25) is 0 Å². The highest BCUT2D eigenvalue weighted by Crippen LogP contribution is 2.32. The van der Waals surface area contributed by atoms with Gasteiger partial charge in [0.1, 0.15) is 18.1 Å². The number of sulfone groups is 1. The summed E-state index contributed by atoms with van der Waals surface area (Å²) in [6.07, 6.45) is 0. The van der Waals surface area contributed by atoms with Gasteiger partial charge in [0.05, 0.1) is 31.2 Å². The van der Waals surface area contributed by atoms with Gasteiger partial charge >= 0.3 is 0 Å². The molecule has 166 valence electrons. The van der Waals surface area contributed by atoms with Crippen molar-refractivity contribution < 1.29 is 22.7 Å². The van der Waals surface area contributed by atoms with Gasteiger partial charge < -0.3 is 14.4 Å². The predicted octanol–water partition coefficient (Wildman–Crippen LogP) is 2.21. The first kappa shape index (κ1) is 21.6. The van der Waals surface area contributed by atoms with E-state index >= 15 is 0 Å². The molecule has 0 aromatic heterocycles. The van der Waals surface area contributed by atoms with Crippen LogP contribution in [0, 0.1) is 13.8 Å². The number of amides is 1. The molecule has 1 amide bonds. The summed E-state index contributed by atoms with van der Waals surface area (Å²) >= 11 is 0. The molecule has 8 heteroatoms. The number of fused-ring (bicyclic) bond motifs is 1. The average molecular weight is 445 g/mol. The lowest BCUT2D eigenvalue weighted by Gasteiger charge is -2.43. The maximum Gasteiger partial charge on any atom is 0.241 e. The van der Waals surface area contributed by atoms with Crippen LogP contribution in [0.5, 0.6) is 11.5 Å². The number of carbonyl (C=O) groups is 1. The van der Waals surface area contributed by atoms with Crippen molar-refractivity contribution in [2.45, 2.75) is 25.9 Å². The normalized spacial score (nSPS) is 22.9. The Balaban J connectivity index is 1.49. The van der Waals surface area contributed by atoms with Gasteiger partial charge in [-0.3, -0.25) is 9.69 Å². The zero-order chi connectivity index (χ0) is 22.2. The van der Waals surface area contributed by atoms with Gasteiger partial charge in [-0.2, -0.15) is 0 Å². The highest BCUT2D eigenvalue weighted by atomic mass is 32.2. The number of piperazine rings is 1. The third kappa shape index (κ3) is 4.55. The second kappa shape index (κ2) is 8.51. The van der Waals surface area contributed by atoms with Crippen LogP contribution in [0.3, 0.4) is 0 Å². The van der Waals surface area contributed by atoms with Gasteiger partial charge in [-0.25, -0.2) is 8.42 Å². The van der Waals surface area contributed by atoms with E-state index < -0.39 is 9.84 Å². The lowest BCUT2D eigenvalue weighted by molar-refractivity contribution is -0.123. The van der Waals surface area contributed by atoms with Crippen molar-refractivity contribution in [1.29, 1.82) is 0 Å². The van der Waals surface area contributed by atoms with E-state index in [0.717, 1.165) is 22.6 Å². The highest BCUT2D eigenvalue weighted by Gasteiger charge is 2.49. The van der Waals surface area contributed by atoms with Crippen LogP contribution >= 0.6 is 0 Å². The molecule has 0 spiro atoms. The van der Waals surface area contributed by atoms with Gasteiger partial charge in [0, 0.05) is 18.3 Å². The Morgan fingerprint density at radius 1 is 0.968 bits per heavy atom. The molecule has 2 fully saturated rings. The number of ether oxygens (including phenoxy) is 2. The minimum Gasteiger partial charge on any atom is -0.497 e. The van der Waals surface area contributed by atoms with E-state index in [1.165, 1.54) is 0 Å². The fourth-order valence-electron chi connectivity index (χ4n) is 4.37. The summed E-state index contributed by atoms with van der Waals surface area (Å²) in [5, 5.41) is 0. The molecule has 0 saturated carbocycles.